The van der Waals surface area contributed by atoms with Crippen molar-refractivity contribution >= 4 is 11.4 Å². The van der Waals surface area contributed by atoms with Gasteiger partial charge in [-0.25, -0.2) is 0 Å². The Morgan fingerprint density at radius 1 is 1.06 bits per heavy atom. The second-order valence-corrected chi connectivity index (χ2v) is 3.89. The van der Waals surface area contributed by atoms with Crippen LogP contribution in [0, 0.1) is 11.8 Å². The summed E-state index contributed by atoms with van der Waals surface area (Å²) in [6.07, 6.45) is 0. The topological polar surface area (TPSA) is 41.5 Å². The lowest BCUT2D eigenvalue weighted by molar-refractivity contribution is 1.13. The van der Waals surface area contributed by atoms with E-state index in [0.717, 1.165) is 11.3 Å². The van der Waals surface area contributed by atoms with Gasteiger partial charge in [0.05, 0.1) is 0 Å². The first-order chi connectivity index (χ1) is 8.31. The summed E-state index contributed by atoms with van der Waals surface area (Å²) in [5.74, 6) is 0. The summed E-state index contributed by atoms with van der Waals surface area (Å²) in [4.78, 5) is 10.6. The van der Waals surface area contributed by atoms with E-state index in [0.29, 0.717) is 12.2 Å². The first-order valence-corrected chi connectivity index (χ1v) is 5.52. The van der Waals surface area contributed by atoms with E-state index in [1.807, 2.05) is 49.4 Å². The predicted octanol–water partition coefficient (Wildman–Crippen LogP) is 4.01. The minimum absolute atomic E-state index is 0.494. The summed E-state index contributed by atoms with van der Waals surface area (Å²) in [5, 5.41) is 6.32. The van der Waals surface area contributed by atoms with Gasteiger partial charge in [-0.3, -0.25) is 0 Å². The second kappa shape index (κ2) is 5.25. The molecular weight excluding hydrogens is 212 g/mol. The molecule has 3 nitrogen and oxygen atoms in total. The Morgan fingerprint density at radius 3 is 2.53 bits per heavy atom. The smallest absolute Gasteiger partial charge is 0.112 e. The van der Waals surface area contributed by atoms with Gasteiger partial charge in [0.15, 0.2) is 0 Å². The van der Waals surface area contributed by atoms with E-state index in [4.69, 9.17) is 0 Å². The zero-order valence-corrected chi connectivity index (χ0v) is 9.68. The Kier molecular flexibility index (Phi) is 3.50. The second-order valence-electron chi connectivity index (χ2n) is 3.89. The summed E-state index contributed by atoms with van der Waals surface area (Å²) in [6, 6.07) is 15.4. The molecule has 3 heteroatoms. The highest BCUT2D eigenvalue weighted by Gasteiger charge is 2.02. The number of hydrogen-bond donors (Lipinski definition) is 1. The van der Waals surface area contributed by atoms with Crippen molar-refractivity contribution in [3.63, 3.8) is 0 Å². The van der Waals surface area contributed by atoms with Crippen molar-refractivity contribution in [3.8, 4) is 0 Å². The van der Waals surface area contributed by atoms with Gasteiger partial charge in [-0.1, -0.05) is 36.4 Å². The van der Waals surface area contributed by atoms with Crippen LogP contribution in [0.5, 0.6) is 0 Å². The van der Waals surface area contributed by atoms with Crippen LogP contribution in [0.2, 0.25) is 0 Å². The van der Waals surface area contributed by atoms with Crippen LogP contribution in [0.15, 0.2) is 53.7 Å². The maximum Gasteiger partial charge on any atom is 0.112 e. The first-order valence-electron chi connectivity index (χ1n) is 5.52. The van der Waals surface area contributed by atoms with Gasteiger partial charge < -0.3 is 5.32 Å². The van der Waals surface area contributed by atoms with Crippen molar-refractivity contribution in [3.05, 3.63) is 64.6 Å². The van der Waals surface area contributed by atoms with Crippen molar-refractivity contribution in [1.29, 1.82) is 0 Å². The summed E-state index contributed by atoms with van der Waals surface area (Å²) >= 11 is 0. The molecule has 0 saturated carbocycles. The van der Waals surface area contributed by atoms with Crippen LogP contribution < -0.4 is 5.32 Å². The fraction of sp³-hybridized carbons (Fsp3) is 0.143. The third kappa shape index (κ3) is 2.69. The highest BCUT2D eigenvalue weighted by molar-refractivity contribution is 5.53. The first kappa shape index (κ1) is 11.3. The number of benzene rings is 2. The molecule has 2 aromatic carbocycles. The van der Waals surface area contributed by atoms with Gasteiger partial charge in [-0.05, 0) is 29.8 Å². The van der Waals surface area contributed by atoms with Crippen LogP contribution in [0.4, 0.5) is 11.4 Å². The standard InChI is InChI=1S/C14H14N2O/c1-11-6-2-4-8-13(11)15-10-12-7-3-5-9-14(12)16-17/h2-9,15H,10H2,1H3. The zero-order chi connectivity index (χ0) is 12.1. The fourth-order valence-electron chi connectivity index (χ4n) is 1.71. The van der Waals surface area contributed by atoms with E-state index in [-0.39, 0.29) is 0 Å². The zero-order valence-electron chi connectivity index (χ0n) is 9.68. The highest BCUT2D eigenvalue weighted by atomic mass is 16.3. The van der Waals surface area contributed by atoms with Crippen molar-refractivity contribution in [2.75, 3.05) is 5.32 Å². The van der Waals surface area contributed by atoms with E-state index >= 15 is 0 Å². The number of aryl methyl sites for hydroxylation is 1. The van der Waals surface area contributed by atoms with Crippen LogP contribution >= 0.6 is 0 Å². The van der Waals surface area contributed by atoms with Crippen LogP contribution in [-0.2, 0) is 6.54 Å². The molecule has 0 radical (unpaired) electrons. The molecule has 0 fully saturated rings. The lowest BCUT2D eigenvalue weighted by atomic mass is 10.1. The Hall–Kier alpha value is -2.16. The fourth-order valence-corrected chi connectivity index (χ4v) is 1.71. The average Bonchev–Trinajstić information content (AvgIpc) is 2.38. The molecule has 0 amide bonds. The minimum Gasteiger partial charge on any atom is -0.381 e. The number of hydrogen-bond acceptors (Lipinski definition) is 3. The molecule has 2 rings (SSSR count). The molecule has 0 aliphatic carbocycles. The number of anilines is 1. The van der Waals surface area contributed by atoms with Gasteiger partial charge in [0, 0.05) is 17.8 Å². The molecule has 0 saturated heterocycles. The molecule has 2 aromatic rings. The van der Waals surface area contributed by atoms with E-state index in [1.165, 1.54) is 5.56 Å². The van der Waals surface area contributed by atoms with E-state index < -0.39 is 0 Å². The molecule has 1 N–H and O–H groups in total. The molecule has 86 valence electrons. The highest BCUT2D eigenvalue weighted by Crippen LogP contribution is 2.20. The maximum absolute atomic E-state index is 10.6. The number of rotatable bonds is 4. The molecule has 0 spiro atoms. The Morgan fingerprint density at radius 2 is 1.76 bits per heavy atom. The SMILES string of the molecule is Cc1ccccc1NCc1ccccc1N=O. The molecule has 17 heavy (non-hydrogen) atoms. The summed E-state index contributed by atoms with van der Waals surface area (Å²) in [7, 11) is 0. The van der Waals surface area contributed by atoms with Crippen LogP contribution in [0.3, 0.4) is 0 Å². The minimum atomic E-state index is 0.494. The molecule has 0 atom stereocenters. The van der Waals surface area contributed by atoms with Gasteiger partial charge in [-0.2, -0.15) is 0 Å². The molecule has 0 aliphatic rings. The maximum atomic E-state index is 10.6. The Bertz CT molecular complexity index is 523. The molecular formula is C14H14N2O. The third-order valence-corrected chi connectivity index (χ3v) is 2.70. The van der Waals surface area contributed by atoms with Crippen LogP contribution in [0.25, 0.3) is 0 Å². The molecule has 0 aromatic heterocycles. The number of para-hydroxylation sites is 1. The van der Waals surface area contributed by atoms with Crippen molar-refractivity contribution in [2.45, 2.75) is 13.5 Å². The van der Waals surface area contributed by atoms with Crippen molar-refractivity contribution in [1.82, 2.24) is 0 Å². The van der Waals surface area contributed by atoms with E-state index in [1.54, 1.807) is 6.07 Å². The van der Waals surface area contributed by atoms with Crippen molar-refractivity contribution in [2.24, 2.45) is 5.18 Å². The van der Waals surface area contributed by atoms with Crippen LogP contribution in [0.1, 0.15) is 11.1 Å². The largest absolute Gasteiger partial charge is 0.381 e. The normalized spacial score (nSPS) is 9.94. The van der Waals surface area contributed by atoms with E-state index in [2.05, 4.69) is 10.5 Å². The van der Waals surface area contributed by atoms with Gasteiger partial charge in [0.1, 0.15) is 5.69 Å². The Labute approximate surface area is 100 Å². The Balaban J connectivity index is 2.13. The molecule has 0 unspecified atom stereocenters. The lowest BCUT2D eigenvalue weighted by Gasteiger charge is -2.09. The molecule has 0 heterocycles. The molecule has 0 aliphatic heterocycles. The number of nitroso groups, excluding NO2 is 1. The summed E-state index contributed by atoms with van der Waals surface area (Å²) < 4.78 is 0. The predicted molar refractivity (Wildman–Crippen MR) is 70.4 cm³/mol. The van der Waals surface area contributed by atoms with Gasteiger partial charge in [0.25, 0.3) is 0 Å². The monoisotopic (exact) mass is 226 g/mol. The summed E-state index contributed by atoms with van der Waals surface area (Å²) in [5.41, 5.74) is 3.66. The number of nitrogens with one attached hydrogen (secondary N) is 1. The van der Waals surface area contributed by atoms with Crippen LogP contribution in [-0.4, -0.2) is 0 Å². The lowest BCUT2D eigenvalue weighted by Crippen LogP contribution is -2.00. The molecule has 0 bridgehead atoms. The van der Waals surface area contributed by atoms with E-state index in [9.17, 15) is 4.91 Å². The number of nitrogens with zero attached hydrogens (tertiary/aromatic N) is 1. The van der Waals surface area contributed by atoms with Gasteiger partial charge in [0.2, 0.25) is 0 Å². The average molecular weight is 226 g/mol. The van der Waals surface area contributed by atoms with Gasteiger partial charge >= 0.3 is 0 Å². The third-order valence-electron chi connectivity index (χ3n) is 2.70. The quantitative estimate of drug-likeness (QED) is 0.800. The summed E-state index contributed by atoms with van der Waals surface area (Å²) in [6.45, 7) is 2.65. The van der Waals surface area contributed by atoms with Crippen molar-refractivity contribution < 1.29 is 0 Å². The van der Waals surface area contributed by atoms with Gasteiger partial charge in [-0.15, -0.1) is 4.91 Å².